The Morgan fingerprint density at radius 3 is 2.90 bits per heavy atom. The van der Waals surface area contributed by atoms with Crippen LogP contribution in [0, 0.1) is 5.82 Å². The Morgan fingerprint density at radius 2 is 2.17 bits per heavy atom. The fourth-order valence-electron chi connectivity index (χ4n) is 3.28. The molecule has 0 radical (unpaired) electrons. The van der Waals surface area contributed by atoms with Gasteiger partial charge in [0.2, 0.25) is 0 Å². The molecule has 1 fully saturated rings. The Hall–Kier alpha value is -2.68. The molecular weight excluding hydrogens is 399 g/mol. The zero-order chi connectivity index (χ0) is 20.4. The van der Waals surface area contributed by atoms with Crippen molar-refractivity contribution in [3.63, 3.8) is 0 Å². The maximum atomic E-state index is 13.5. The second-order valence-electron chi connectivity index (χ2n) is 6.80. The summed E-state index contributed by atoms with van der Waals surface area (Å²) in [6.45, 7) is 0.921. The van der Waals surface area contributed by atoms with Crippen molar-refractivity contribution in [2.24, 2.45) is 0 Å². The Kier molecular flexibility index (Phi) is 5.66. The first kappa shape index (κ1) is 19.6. The summed E-state index contributed by atoms with van der Waals surface area (Å²) in [6, 6.07) is 7.93. The van der Waals surface area contributed by atoms with E-state index in [2.05, 4.69) is 20.6 Å². The number of aliphatic hydroxyl groups is 1. The molecule has 1 unspecified atom stereocenters. The summed E-state index contributed by atoms with van der Waals surface area (Å²) in [5, 5.41) is 16.7. The van der Waals surface area contributed by atoms with Gasteiger partial charge in [-0.05, 0) is 24.6 Å². The molecule has 9 heteroatoms. The van der Waals surface area contributed by atoms with Crippen LogP contribution < -0.4 is 20.1 Å². The number of aliphatic hydroxyl groups excluding tert-OH is 1. The largest absolute Gasteiger partial charge is 0.497 e. The molecule has 152 valence electrons. The van der Waals surface area contributed by atoms with Gasteiger partial charge in [0, 0.05) is 30.4 Å². The van der Waals surface area contributed by atoms with Gasteiger partial charge >= 0.3 is 0 Å². The van der Waals surface area contributed by atoms with Crippen LogP contribution in [0.3, 0.4) is 0 Å². The number of β-amino-alcohol motifs (C(OH)–C–C–N with tert-alkyl or cyclic N) is 1. The second kappa shape index (κ2) is 8.36. The van der Waals surface area contributed by atoms with E-state index in [1.807, 2.05) is 0 Å². The van der Waals surface area contributed by atoms with Gasteiger partial charge in [-0.1, -0.05) is 11.6 Å². The number of nitrogens with one attached hydrogen (secondary N) is 2. The van der Waals surface area contributed by atoms with E-state index >= 15 is 0 Å². The summed E-state index contributed by atoms with van der Waals surface area (Å²) < 4.78 is 24.9. The maximum Gasteiger partial charge on any atom is 0.145 e. The van der Waals surface area contributed by atoms with E-state index in [9.17, 15) is 9.50 Å². The molecule has 0 aliphatic carbocycles. The Bertz CT molecular complexity index is 1040. The topological polar surface area (TPSA) is 88.5 Å². The predicted octanol–water partition coefficient (Wildman–Crippen LogP) is 3.28. The van der Waals surface area contributed by atoms with Gasteiger partial charge < -0.3 is 25.2 Å². The number of aromatic nitrogens is 2. The van der Waals surface area contributed by atoms with E-state index in [0.29, 0.717) is 53.5 Å². The van der Waals surface area contributed by atoms with Crippen LogP contribution in [0.4, 0.5) is 15.9 Å². The van der Waals surface area contributed by atoms with Gasteiger partial charge in [0.25, 0.3) is 0 Å². The number of ether oxygens (including phenoxy) is 2. The minimum Gasteiger partial charge on any atom is -0.497 e. The van der Waals surface area contributed by atoms with Crippen LogP contribution in [0.15, 0.2) is 36.7 Å². The van der Waals surface area contributed by atoms with Crippen molar-refractivity contribution in [3.8, 4) is 11.5 Å². The average molecular weight is 419 g/mol. The van der Waals surface area contributed by atoms with E-state index in [1.165, 1.54) is 18.5 Å². The number of hydrogen-bond acceptors (Lipinski definition) is 7. The van der Waals surface area contributed by atoms with Gasteiger partial charge in [-0.25, -0.2) is 14.4 Å². The van der Waals surface area contributed by atoms with E-state index < -0.39 is 5.82 Å². The molecule has 1 saturated heterocycles. The second-order valence-corrected chi connectivity index (χ2v) is 7.21. The van der Waals surface area contributed by atoms with E-state index in [0.717, 1.165) is 0 Å². The van der Waals surface area contributed by atoms with Crippen LogP contribution in [0.25, 0.3) is 10.9 Å². The van der Waals surface area contributed by atoms with Crippen LogP contribution in [0.1, 0.15) is 6.42 Å². The summed E-state index contributed by atoms with van der Waals surface area (Å²) in [5.74, 6) is 1.14. The molecule has 7 nitrogen and oxygen atoms in total. The van der Waals surface area contributed by atoms with Gasteiger partial charge in [-0.3, -0.25) is 0 Å². The molecule has 1 aromatic heterocycles. The highest BCUT2D eigenvalue weighted by atomic mass is 35.5. The highest BCUT2D eigenvalue weighted by molar-refractivity contribution is 6.31. The number of methoxy groups -OCH3 is 1. The maximum absolute atomic E-state index is 13.5. The molecule has 1 aliphatic heterocycles. The number of anilines is 2. The smallest absolute Gasteiger partial charge is 0.145 e. The molecule has 2 atom stereocenters. The van der Waals surface area contributed by atoms with Gasteiger partial charge in [-0.2, -0.15) is 0 Å². The summed E-state index contributed by atoms with van der Waals surface area (Å²) in [5.41, 5.74) is 1.21. The zero-order valence-corrected chi connectivity index (χ0v) is 16.4. The van der Waals surface area contributed by atoms with E-state index in [-0.39, 0.29) is 17.2 Å². The van der Waals surface area contributed by atoms with Crippen LogP contribution >= 0.6 is 11.6 Å². The lowest BCUT2D eigenvalue weighted by atomic mass is 10.2. The minimum atomic E-state index is -0.496. The number of halogens is 2. The van der Waals surface area contributed by atoms with Crippen molar-refractivity contribution in [2.75, 3.05) is 25.6 Å². The summed E-state index contributed by atoms with van der Waals surface area (Å²) in [6.07, 6.45) is 1.68. The molecule has 0 amide bonds. The van der Waals surface area contributed by atoms with Crippen LogP contribution in [-0.4, -0.2) is 47.5 Å². The summed E-state index contributed by atoms with van der Waals surface area (Å²) in [7, 11) is 1.57. The van der Waals surface area contributed by atoms with Crippen molar-refractivity contribution in [1.82, 2.24) is 15.3 Å². The predicted molar refractivity (Wildman–Crippen MR) is 109 cm³/mol. The fraction of sp³-hybridized carbons (Fsp3) is 0.300. The molecule has 0 spiro atoms. The number of hydrogen-bond donors (Lipinski definition) is 3. The molecule has 29 heavy (non-hydrogen) atoms. The van der Waals surface area contributed by atoms with Crippen LogP contribution in [0.5, 0.6) is 11.5 Å². The standard InChI is InChI=1S/C20H20ClFN4O3/c1-28-14-6-17-19(18(7-14)29-9-12-4-13(27)8-23-12)20(25-10-24-17)26-11-2-3-16(22)15(21)5-11/h2-3,5-7,10,12-13,23,27H,4,8-9H2,1H3,(H,24,25,26)/t12-,13?/m0/s1. The molecule has 3 aromatic rings. The Balaban J connectivity index is 1.69. The third-order valence-corrected chi connectivity index (χ3v) is 5.02. The van der Waals surface area contributed by atoms with Crippen molar-refractivity contribution < 1.29 is 19.0 Å². The van der Waals surface area contributed by atoms with Gasteiger partial charge in [0.1, 0.15) is 36.1 Å². The molecule has 2 aromatic carbocycles. The lowest BCUT2D eigenvalue weighted by Crippen LogP contribution is -2.28. The summed E-state index contributed by atoms with van der Waals surface area (Å²) >= 11 is 5.89. The van der Waals surface area contributed by atoms with Crippen LogP contribution in [-0.2, 0) is 0 Å². The molecule has 1 aliphatic rings. The summed E-state index contributed by atoms with van der Waals surface area (Å²) in [4.78, 5) is 8.65. The first-order chi connectivity index (χ1) is 14.0. The highest BCUT2D eigenvalue weighted by Crippen LogP contribution is 2.36. The number of rotatable bonds is 6. The minimum absolute atomic E-state index is 0.0115. The fourth-order valence-corrected chi connectivity index (χ4v) is 3.46. The highest BCUT2D eigenvalue weighted by Gasteiger charge is 2.23. The van der Waals surface area contributed by atoms with Gasteiger partial charge in [0.15, 0.2) is 0 Å². The van der Waals surface area contributed by atoms with Gasteiger partial charge in [-0.15, -0.1) is 0 Å². The zero-order valence-electron chi connectivity index (χ0n) is 15.7. The van der Waals surface area contributed by atoms with Crippen LogP contribution in [0.2, 0.25) is 5.02 Å². The normalized spacial score (nSPS) is 18.8. The lowest BCUT2D eigenvalue weighted by Gasteiger charge is -2.17. The van der Waals surface area contributed by atoms with Crippen molar-refractivity contribution >= 4 is 34.0 Å². The Labute approximate surface area is 171 Å². The average Bonchev–Trinajstić information content (AvgIpc) is 3.14. The monoisotopic (exact) mass is 418 g/mol. The Morgan fingerprint density at radius 1 is 1.31 bits per heavy atom. The molecule has 2 heterocycles. The van der Waals surface area contributed by atoms with E-state index in [4.69, 9.17) is 21.1 Å². The third-order valence-electron chi connectivity index (χ3n) is 4.73. The number of benzene rings is 2. The van der Waals surface area contributed by atoms with Crippen molar-refractivity contribution in [1.29, 1.82) is 0 Å². The lowest BCUT2D eigenvalue weighted by molar-refractivity contribution is 0.187. The quantitative estimate of drug-likeness (QED) is 0.566. The molecule has 3 N–H and O–H groups in total. The van der Waals surface area contributed by atoms with Gasteiger partial charge in [0.05, 0.1) is 29.1 Å². The first-order valence-electron chi connectivity index (χ1n) is 9.12. The van der Waals surface area contributed by atoms with Crippen molar-refractivity contribution in [2.45, 2.75) is 18.6 Å². The molecular formula is C20H20ClFN4O3. The molecule has 4 rings (SSSR count). The first-order valence-corrected chi connectivity index (χ1v) is 9.50. The number of nitrogens with zero attached hydrogens (tertiary/aromatic N) is 2. The molecule has 0 bridgehead atoms. The third kappa shape index (κ3) is 4.34. The van der Waals surface area contributed by atoms with Crippen molar-refractivity contribution in [3.05, 3.63) is 47.5 Å². The van der Waals surface area contributed by atoms with E-state index in [1.54, 1.807) is 25.3 Å². The molecule has 0 saturated carbocycles. The SMILES string of the molecule is COc1cc(OC[C@@H]2CC(O)CN2)c2c(Nc3ccc(F)c(Cl)c3)ncnc2c1. The number of fused-ring (bicyclic) bond motifs is 1.